The molecule has 22 heavy (non-hydrogen) atoms. The number of carbonyl (C=O) groups excluding carboxylic acids is 1. The van der Waals surface area contributed by atoms with Crippen LogP contribution in [0.1, 0.15) is 44.1 Å². The number of hydrogen-bond acceptors (Lipinski definition) is 3. The number of para-hydroxylation sites is 1. The minimum Gasteiger partial charge on any atom is -0.493 e. The maximum Gasteiger partial charge on any atom is 0.244 e. The van der Waals surface area contributed by atoms with E-state index >= 15 is 0 Å². The van der Waals surface area contributed by atoms with E-state index in [-0.39, 0.29) is 5.91 Å². The van der Waals surface area contributed by atoms with Crippen molar-refractivity contribution in [1.29, 1.82) is 0 Å². The molecule has 0 aliphatic heterocycles. The number of benzene rings is 1. The Bertz CT molecular complexity index is 517. The van der Waals surface area contributed by atoms with Gasteiger partial charge in [-0.25, -0.2) is 0 Å². The molecule has 0 spiro atoms. The first kappa shape index (κ1) is 16.4. The Balaban J connectivity index is 2.00. The van der Waals surface area contributed by atoms with Crippen molar-refractivity contribution in [2.45, 2.75) is 44.6 Å². The van der Waals surface area contributed by atoms with Gasteiger partial charge in [-0.3, -0.25) is 4.79 Å². The molecule has 120 valence electrons. The van der Waals surface area contributed by atoms with E-state index in [2.05, 4.69) is 5.32 Å². The van der Waals surface area contributed by atoms with Gasteiger partial charge in [0.1, 0.15) is 0 Å². The highest BCUT2D eigenvalue weighted by Gasteiger charge is 2.13. The fraction of sp³-hybridized carbons (Fsp3) is 0.500. The molecule has 1 aromatic rings. The lowest BCUT2D eigenvalue weighted by Crippen LogP contribution is -2.33. The van der Waals surface area contributed by atoms with Crippen molar-refractivity contribution in [3.05, 3.63) is 29.8 Å². The largest absolute Gasteiger partial charge is 0.493 e. The van der Waals surface area contributed by atoms with Crippen LogP contribution in [0.25, 0.3) is 6.08 Å². The minimum atomic E-state index is -0.0447. The molecule has 4 nitrogen and oxygen atoms in total. The highest BCUT2D eigenvalue weighted by Crippen LogP contribution is 2.31. The van der Waals surface area contributed by atoms with Crippen LogP contribution in [-0.4, -0.2) is 26.2 Å². The summed E-state index contributed by atoms with van der Waals surface area (Å²) in [6, 6.07) is 5.93. The van der Waals surface area contributed by atoms with Gasteiger partial charge in [0.25, 0.3) is 0 Å². The van der Waals surface area contributed by atoms with Gasteiger partial charge >= 0.3 is 0 Å². The van der Waals surface area contributed by atoms with Gasteiger partial charge in [-0.05, 0) is 25.0 Å². The fourth-order valence-corrected chi connectivity index (χ4v) is 2.88. The standard InChI is InChI=1S/C18H25NO3/c1-21-16-11-7-8-14(18(16)22-2)12-13-17(20)19-15-9-5-3-4-6-10-15/h7-8,11-13,15H,3-6,9-10H2,1-2H3,(H,19,20)/b13-12+. The third-order valence-electron chi connectivity index (χ3n) is 4.05. The molecule has 0 radical (unpaired) electrons. The van der Waals surface area contributed by atoms with Gasteiger partial charge in [0.15, 0.2) is 11.5 Å². The van der Waals surface area contributed by atoms with Gasteiger partial charge in [-0.1, -0.05) is 37.8 Å². The number of rotatable bonds is 5. The minimum absolute atomic E-state index is 0.0447. The van der Waals surface area contributed by atoms with Crippen molar-refractivity contribution in [3.63, 3.8) is 0 Å². The van der Waals surface area contributed by atoms with Crippen LogP contribution in [0.15, 0.2) is 24.3 Å². The summed E-state index contributed by atoms with van der Waals surface area (Å²) in [5.41, 5.74) is 0.831. The number of nitrogens with one attached hydrogen (secondary N) is 1. The average molecular weight is 303 g/mol. The first-order chi connectivity index (χ1) is 10.7. The molecule has 0 atom stereocenters. The molecule has 0 unspecified atom stereocenters. The number of amides is 1. The Hall–Kier alpha value is -1.97. The Morgan fingerprint density at radius 2 is 1.86 bits per heavy atom. The number of hydrogen-bond donors (Lipinski definition) is 1. The molecule has 0 aromatic heterocycles. The Morgan fingerprint density at radius 1 is 1.14 bits per heavy atom. The Labute approximate surface area is 132 Å². The summed E-state index contributed by atoms with van der Waals surface area (Å²) in [5.74, 6) is 1.26. The molecule has 4 heteroatoms. The summed E-state index contributed by atoms with van der Waals surface area (Å²) in [6.45, 7) is 0. The highest BCUT2D eigenvalue weighted by atomic mass is 16.5. The summed E-state index contributed by atoms with van der Waals surface area (Å²) in [7, 11) is 3.20. The SMILES string of the molecule is COc1cccc(/C=C/C(=O)NC2CCCCCC2)c1OC. The predicted octanol–water partition coefficient (Wildman–Crippen LogP) is 3.56. The van der Waals surface area contributed by atoms with E-state index in [4.69, 9.17) is 9.47 Å². The second kappa shape index (κ2) is 8.47. The molecule has 1 aliphatic rings. The highest BCUT2D eigenvalue weighted by molar-refractivity contribution is 5.92. The van der Waals surface area contributed by atoms with Crippen LogP contribution in [0.5, 0.6) is 11.5 Å². The number of ether oxygens (including phenoxy) is 2. The van der Waals surface area contributed by atoms with Gasteiger partial charge in [0, 0.05) is 17.7 Å². The molecule has 1 aliphatic carbocycles. The van der Waals surface area contributed by atoms with Crippen LogP contribution in [0.2, 0.25) is 0 Å². The third kappa shape index (κ3) is 4.52. The molecule has 0 saturated heterocycles. The second-order valence-electron chi connectivity index (χ2n) is 5.61. The normalized spacial score (nSPS) is 16.3. The van der Waals surface area contributed by atoms with Crippen molar-refractivity contribution in [3.8, 4) is 11.5 Å². The fourth-order valence-electron chi connectivity index (χ4n) is 2.88. The van der Waals surface area contributed by atoms with Gasteiger partial charge in [-0.2, -0.15) is 0 Å². The van der Waals surface area contributed by atoms with Gasteiger partial charge in [0.05, 0.1) is 14.2 Å². The van der Waals surface area contributed by atoms with E-state index in [0.717, 1.165) is 18.4 Å². The molecule has 0 bridgehead atoms. The van der Waals surface area contributed by atoms with E-state index in [0.29, 0.717) is 17.5 Å². The molecule has 2 rings (SSSR count). The predicted molar refractivity (Wildman–Crippen MR) is 88.2 cm³/mol. The van der Waals surface area contributed by atoms with Gasteiger partial charge in [-0.15, -0.1) is 0 Å². The number of carbonyl (C=O) groups is 1. The monoisotopic (exact) mass is 303 g/mol. The average Bonchev–Trinajstić information content (AvgIpc) is 2.81. The topological polar surface area (TPSA) is 47.6 Å². The molecular formula is C18H25NO3. The van der Waals surface area contributed by atoms with E-state index < -0.39 is 0 Å². The van der Waals surface area contributed by atoms with Crippen molar-refractivity contribution in [2.75, 3.05) is 14.2 Å². The molecular weight excluding hydrogens is 278 g/mol. The van der Waals surface area contributed by atoms with E-state index in [9.17, 15) is 4.79 Å². The zero-order valence-electron chi connectivity index (χ0n) is 13.4. The molecule has 1 saturated carbocycles. The lowest BCUT2D eigenvalue weighted by atomic mass is 10.1. The number of methoxy groups -OCH3 is 2. The first-order valence-corrected chi connectivity index (χ1v) is 7.94. The summed E-state index contributed by atoms with van der Waals surface area (Å²) < 4.78 is 10.6. The summed E-state index contributed by atoms with van der Waals surface area (Å²) >= 11 is 0. The van der Waals surface area contributed by atoms with Crippen LogP contribution in [-0.2, 0) is 4.79 Å². The lowest BCUT2D eigenvalue weighted by Gasteiger charge is -2.14. The van der Waals surface area contributed by atoms with Crippen molar-refractivity contribution in [1.82, 2.24) is 5.32 Å². The summed E-state index contributed by atoms with van der Waals surface area (Å²) in [6.07, 6.45) is 10.5. The van der Waals surface area contributed by atoms with Crippen LogP contribution in [0.3, 0.4) is 0 Å². The molecule has 1 aromatic carbocycles. The first-order valence-electron chi connectivity index (χ1n) is 7.94. The quantitative estimate of drug-likeness (QED) is 0.668. The lowest BCUT2D eigenvalue weighted by molar-refractivity contribution is -0.117. The van der Waals surface area contributed by atoms with Crippen LogP contribution in [0, 0.1) is 0 Å². The van der Waals surface area contributed by atoms with E-state index in [1.165, 1.54) is 25.7 Å². The van der Waals surface area contributed by atoms with Crippen LogP contribution >= 0.6 is 0 Å². The zero-order chi connectivity index (χ0) is 15.8. The summed E-state index contributed by atoms with van der Waals surface area (Å²) in [4.78, 5) is 12.1. The smallest absolute Gasteiger partial charge is 0.244 e. The maximum absolute atomic E-state index is 12.1. The second-order valence-corrected chi connectivity index (χ2v) is 5.61. The Kier molecular flexibility index (Phi) is 6.31. The maximum atomic E-state index is 12.1. The van der Waals surface area contributed by atoms with Crippen molar-refractivity contribution < 1.29 is 14.3 Å². The van der Waals surface area contributed by atoms with Crippen LogP contribution < -0.4 is 14.8 Å². The van der Waals surface area contributed by atoms with E-state index in [1.807, 2.05) is 18.2 Å². The summed E-state index contributed by atoms with van der Waals surface area (Å²) in [5, 5.41) is 3.10. The zero-order valence-corrected chi connectivity index (χ0v) is 13.4. The molecule has 0 heterocycles. The molecule has 1 fully saturated rings. The van der Waals surface area contributed by atoms with Crippen LogP contribution in [0.4, 0.5) is 0 Å². The van der Waals surface area contributed by atoms with Crippen molar-refractivity contribution >= 4 is 12.0 Å². The Morgan fingerprint density at radius 3 is 2.50 bits per heavy atom. The van der Waals surface area contributed by atoms with Crippen molar-refractivity contribution in [2.24, 2.45) is 0 Å². The molecule has 1 amide bonds. The van der Waals surface area contributed by atoms with Gasteiger partial charge < -0.3 is 14.8 Å². The third-order valence-corrected chi connectivity index (χ3v) is 4.05. The molecule has 1 N–H and O–H groups in total. The van der Waals surface area contributed by atoms with E-state index in [1.54, 1.807) is 26.4 Å². The van der Waals surface area contributed by atoms with Gasteiger partial charge in [0.2, 0.25) is 5.91 Å².